The van der Waals surface area contributed by atoms with Gasteiger partial charge in [-0.15, -0.1) is 11.3 Å². The molecule has 0 aliphatic heterocycles. The average Bonchev–Trinajstić information content (AvgIpc) is 3.26. The molecule has 0 saturated heterocycles. The first-order valence-electron chi connectivity index (χ1n) is 12.2. The van der Waals surface area contributed by atoms with Crippen molar-refractivity contribution in [3.63, 3.8) is 0 Å². The van der Waals surface area contributed by atoms with Crippen molar-refractivity contribution < 1.29 is 23.5 Å². The number of likely N-dealkylation sites (N-methyl/N-ethyl adjacent to an activating group) is 1. The van der Waals surface area contributed by atoms with Crippen molar-refractivity contribution >= 4 is 46.4 Å². The number of nitrogens with zero attached hydrogens (tertiary/aromatic N) is 3. The fourth-order valence-corrected chi connectivity index (χ4v) is 4.02. The van der Waals surface area contributed by atoms with E-state index in [-0.39, 0.29) is 18.3 Å². The van der Waals surface area contributed by atoms with Gasteiger partial charge in [-0.3, -0.25) is 15.1 Å². The van der Waals surface area contributed by atoms with Gasteiger partial charge < -0.3 is 25.2 Å². The Bertz CT molecular complexity index is 1290. The number of thiophene rings is 1. The molecule has 10 nitrogen and oxygen atoms in total. The van der Waals surface area contributed by atoms with Gasteiger partial charge in [-0.25, -0.2) is 14.0 Å². The van der Waals surface area contributed by atoms with E-state index in [9.17, 15) is 18.8 Å². The van der Waals surface area contributed by atoms with Crippen LogP contribution in [-0.4, -0.2) is 65.6 Å². The Hall–Kier alpha value is -4.03. The minimum Gasteiger partial charge on any atom is -0.444 e. The molecule has 0 atom stereocenters. The van der Waals surface area contributed by atoms with Crippen molar-refractivity contribution in [3.8, 4) is 0 Å². The van der Waals surface area contributed by atoms with Gasteiger partial charge in [0.15, 0.2) is 0 Å². The normalized spacial score (nSPS) is 11.2. The Labute approximate surface area is 231 Å². The molecule has 39 heavy (non-hydrogen) atoms. The van der Waals surface area contributed by atoms with Crippen LogP contribution in [0, 0.1) is 5.82 Å². The minimum absolute atomic E-state index is 0.164. The molecule has 2 heterocycles. The fourth-order valence-electron chi connectivity index (χ4n) is 3.31. The summed E-state index contributed by atoms with van der Waals surface area (Å²) in [5.41, 5.74) is 1.41. The second-order valence-electron chi connectivity index (χ2n) is 10.00. The number of urea groups is 1. The first-order valence-corrected chi connectivity index (χ1v) is 13.1. The van der Waals surface area contributed by atoms with E-state index >= 15 is 0 Å². The smallest absolute Gasteiger partial charge is 0.412 e. The number of aromatic nitrogens is 1. The van der Waals surface area contributed by atoms with Crippen molar-refractivity contribution in [2.24, 2.45) is 0 Å². The van der Waals surface area contributed by atoms with E-state index in [0.717, 1.165) is 0 Å². The second-order valence-corrected chi connectivity index (χ2v) is 10.7. The molecule has 0 aliphatic carbocycles. The Kier molecular flexibility index (Phi) is 9.96. The molecule has 0 aliphatic rings. The van der Waals surface area contributed by atoms with Crippen LogP contribution >= 0.6 is 11.3 Å². The third kappa shape index (κ3) is 9.65. The number of amides is 4. The Morgan fingerprint density at radius 1 is 1.00 bits per heavy atom. The quantitative estimate of drug-likeness (QED) is 0.322. The summed E-state index contributed by atoms with van der Waals surface area (Å²) in [5.74, 6) is -0.901. The molecule has 0 bridgehead atoms. The number of carbonyl (C=O) groups excluding carboxylic acids is 3. The highest BCUT2D eigenvalue weighted by molar-refractivity contribution is 7.09. The highest BCUT2D eigenvalue weighted by Gasteiger charge is 2.19. The molecule has 0 spiro atoms. The van der Waals surface area contributed by atoms with Crippen molar-refractivity contribution in [1.29, 1.82) is 0 Å². The molecule has 2 aromatic heterocycles. The molecule has 0 fully saturated rings. The third-order valence-electron chi connectivity index (χ3n) is 5.16. The molecule has 4 amide bonds. The molecule has 0 saturated carbocycles. The standard InChI is InChI=1S/C27H33FN6O4S/c1-27(2,3)38-26(37)32-23-17-39-16-22(23)31-24(35)21-10-9-18(14-29-21)15-34(12-11-33(4)5)25(36)30-20-8-6-7-19(28)13-20/h6-10,13-14,16-17H,11-12,15H2,1-5H3,(H,30,36)(H,31,35)(H,32,37). The molecule has 208 valence electrons. The summed E-state index contributed by atoms with van der Waals surface area (Å²) in [6.45, 7) is 6.55. The third-order valence-corrected chi connectivity index (χ3v) is 5.90. The van der Waals surface area contributed by atoms with Crippen LogP contribution < -0.4 is 16.0 Å². The predicted molar refractivity (Wildman–Crippen MR) is 151 cm³/mol. The van der Waals surface area contributed by atoms with Gasteiger partial charge in [-0.1, -0.05) is 12.1 Å². The van der Waals surface area contributed by atoms with E-state index in [1.807, 2.05) is 19.0 Å². The molecule has 0 unspecified atom stereocenters. The number of nitrogens with one attached hydrogen (secondary N) is 3. The zero-order chi connectivity index (χ0) is 28.6. The lowest BCUT2D eigenvalue weighted by Crippen LogP contribution is -2.39. The molecular formula is C27H33FN6O4S. The monoisotopic (exact) mass is 556 g/mol. The number of hydrogen-bond donors (Lipinski definition) is 3. The predicted octanol–water partition coefficient (Wildman–Crippen LogP) is 5.48. The molecular weight excluding hydrogens is 523 g/mol. The lowest BCUT2D eigenvalue weighted by atomic mass is 10.2. The topological polar surface area (TPSA) is 116 Å². The summed E-state index contributed by atoms with van der Waals surface area (Å²) in [7, 11) is 3.80. The lowest BCUT2D eigenvalue weighted by molar-refractivity contribution is 0.0635. The average molecular weight is 557 g/mol. The van der Waals surface area contributed by atoms with Crippen LogP contribution in [0.4, 0.5) is 31.0 Å². The van der Waals surface area contributed by atoms with Gasteiger partial charge in [-0.2, -0.15) is 0 Å². The van der Waals surface area contributed by atoms with Crippen LogP contribution in [0.5, 0.6) is 0 Å². The molecule has 12 heteroatoms. The van der Waals surface area contributed by atoms with E-state index < -0.39 is 23.4 Å². The summed E-state index contributed by atoms with van der Waals surface area (Å²) in [6.07, 6.45) is 0.902. The maximum atomic E-state index is 13.5. The number of rotatable bonds is 9. The van der Waals surface area contributed by atoms with Gasteiger partial charge in [0, 0.05) is 42.3 Å². The van der Waals surface area contributed by atoms with Crippen molar-refractivity contribution in [2.45, 2.75) is 32.9 Å². The SMILES string of the molecule is CN(C)CCN(Cc1ccc(C(=O)Nc2cscc2NC(=O)OC(C)(C)C)nc1)C(=O)Nc1cccc(F)c1. The zero-order valence-corrected chi connectivity index (χ0v) is 23.4. The maximum absolute atomic E-state index is 13.5. The number of pyridine rings is 1. The number of halogens is 1. The van der Waals surface area contributed by atoms with Crippen LogP contribution in [0.15, 0.2) is 53.4 Å². The molecule has 3 N–H and O–H groups in total. The largest absolute Gasteiger partial charge is 0.444 e. The van der Waals surface area contributed by atoms with Gasteiger partial charge in [0.2, 0.25) is 0 Å². The molecule has 3 aromatic rings. The van der Waals surface area contributed by atoms with Crippen molar-refractivity contribution in [2.75, 3.05) is 43.1 Å². The molecule has 3 rings (SSSR count). The molecule has 1 aromatic carbocycles. The van der Waals surface area contributed by atoms with Crippen molar-refractivity contribution in [3.05, 3.63) is 70.4 Å². The number of ether oxygens (including phenoxy) is 1. The van der Waals surface area contributed by atoms with Crippen LogP contribution in [0.3, 0.4) is 0 Å². The second kappa shape index (κ2) is 13.2. The van der Waals surface area contributed by atoms with E-state index in [4.69, 9.17) is 4.74 Å². The number of carbonyl (C=O) groups is 3. The van der Waals surface area contributed by atoms with Gasteiger partial charge in [0.1, 0.15) is 17.1 Å². The minimum atomic E-state index is -0.655. The van der Waals surface area contributed by atoms with Crippen molar-refractivity contribution in [1.82, 2.24) is 14.8 Å². The van der Waals surface area contributed by atoms with Crippen LogP contribution in [0.1, 0.15) is 36.8 Å². The maximum Gasteiger partial charge on any atom is 0.412 e. The van der Waals surface area contributed by atoms with Gasteiger partial charge in [-0.05, 0) is 64.7 Å². The van der Waals surface area contributed by atoms with E-state index in [2.05, 4.69) is 20.9 Å². The summed E-state index contributed by atoms with van der Waals surface area (Å²) < 4.78 is 18.8. The summed E-state index contributed by atoms with van der Waals surface area (Å²) in [6, 6.07) is 8.59. The number of benzene rings is 1. The van der Waals surface area contributed by atoms with Crippen LogP contribution in [0.2, 0.25) is 0 Å². The highest BCUT2D eigenvalue weighted by atomic mass is 32.1. The van der Waals surface area contributed by atoms with E-state index in [1.54, 1.807) is 54.6 Å². The lowest BCUT2D eigenvalue weighted by Gasteiger charge is -2.25. The first-order chi connectivity index (χ1) is 18.4. The van der Waals surface area contributed by atoms with Crippen LogP contribution in [0.25, 0.3) is 0 Å². The fraction of sp³-hybridized carbons (Fsp3) is 0.333. The highest BCUT2D eigenvalue weighted by Crippen LogP contribution is 2.27. The number of anilines is 3. The van der Waals surface area contributed by atoms with Gasteiger partial charge >= 0.3 is 12.1 Å². The number of hydrogen-bond acceptors (Lipinski definition) is 7. The van der Waals surface area contributed by atoms with Gasteiger partial charge in [0.25, 0.3) is 5.91 Å². The molecule has 0 radical (unpaired) electrons. The Balaban J connectivity index is 1.64. The van der Waals surface area contributed by atoms with Gasteiger partial charge in [0.05, 0.1) is 11.4 Å². The zero-order valence-electron chi connectivity index (χ0n) is 22.6. The summed E-state index contributed by atoms with van der Waals surface area (Å²) >= 11 is 1.31. The first kappa shape index (κ1) is 29.5. The van der Waals surface area contributed by atoms with E-state index in [0.29, 0.717) is 35.7 Å². The Morgan fingerprint density at radius 2 is 1.72 bits per heavy atom. The Morgan fingerprint density at radius 3 is 2.33 bits per heavy atom. The van der Waals surface area contributed by atoms with E-state index in [1.165, 1.54) is 35.7 Å². The van der Waals surface area contributed by atoms with Crippen LogP contribution in [-0.2, 0) is 11.3 Å². The summed E-state index contributed by atoms with van der Waals surface area (Å²) in [5, 5.41) is 11.5. The summed E-state index contributed by atoms with van der Waals surface area (Å²) in [4.78, 5) is 45.6.